The highest BCUT2D eigenvalue weighted by atomic mass is 32.2. The Bertz CT molecular complexity index is 1150. The van der Waals surface area contributed by atoms with E-state index < -0.39 is 5.63 Å². The number of imidazole rings is 1. The van der Waals surface area contributed by atoms with Gasteiger partial charge < -0.3 is 14.1 Å². The van der Waals surface area contributed by atoms with Crippen LogP contribution in [0.3, 0.4) is 0 Å². The Kier molecular flexibility index (Phi) is 4.73. The lowest BCUT2D eigenvalue weighted by Crippen LogP contribution is -2.03. The van der Waals surface area contributed by atoms with E-state index in [0.29, 0.717) is 16.9 Å². The van der Waals surface area contributed by atoms with Crippen molar-refractivity contribution in [3.8, 4) is 5.75 Å². The predicted molar refractivity (Wildman–Crippen MR) is 106 cm³/mol. The molecule has 0 unspecified atom stereocenters. The maximum absolute atomic E-state index is 12.0. The van der Waals surface area contributed by atoms with Crippen molar-refractivity contribution >= 4 is 22.7 Å². The number of aromatic nitrogens is 2. The minimum absolute atomic E-state index is 0.119. The van der Waals surface area contributed by atoms with Crippen LogP contribution >= 0.6 is 11.8 Å². The number of nitrogens with zero attached hydrogens (tertiary/aromatic N) is 2. The van der Waals surface area contributed by atoms with Crippen LogP contribution in [0.1, 0.15) is 16.7 Å². The van der Waals surface area contributed by atoms with Gasteiger partial charge in [0.2, 0.25) is 0 Å². The lowest BCUT2D eigenvalue weighted by atomic mass is 10.1. The van der Waals surface area contributed by atoms with Crippen LogP contribution < -0.4 is 5.63 Å². The molecule has 0 amide bonds. The molecule has 27 heavy (non-hydrogen) atoms. The predicted octanol–water partition coefficient (Wildman–Crippen LogP) is 4.34. The molecule has 0 radical (unpaired) electrons. The molecule has 4 rings (SSSR count). The van der Waals surface area contributed by atoms with Crippen LogP contribution in [0.15, 0.2) is 75.3 Å². The zero-order valence-electron chi connectivity index (χ0n) is 14.8. The van der Waals surface area contributed by atoms with Gasteiger partial charge in [0.1, 0.15) is 11.3 Å². The van der Waals surface area contributed by atoms with Crippen LogP contribution in [0.2, 0.25) is 0 Å². The molecule has 0 spiro atoms. The second-order valence-electron chi connectivity index (χ2n) is 6.29. The third-order valence-corrected chi connectivity index (χ3v) is 5.50. The van der Waals surface area contributed by atoms with Gasteiger partial charge in [-0.25, -0.2) is 9.78 Å². The summed E-state index contributed by atoms with van der Waals surface area (Å²) in [5.74, 6) is 0.701. The summed E-state index contributed by atoms with van der Waals surface area (Å²) in [6.07, 6.45) is 3.74. The van der Waals surface area contributed by atoms with Crippen molar-refractivity contribution in [3.63, 3.8) is 0 Å². The van der Waals surface area contributed by atoms with E-state index in [-0.39, 0.29) is 5.75 Å². The molecule has 6 heteroatoms. The van der Waals surface area contributed by atoms with E-state index in [9.17, 15) is 9.90 Å². The Morgan fingerprint density at radius 3 is 2.81 bits per heavy atom. The Labute approximate surface area is 160 Å². The average molecular weight is 378 g/mol. The van der Waals surface area contributed by atoms with Gasteiger partial charge in [-0.15, -0.1) is 0 Å². The number of aromatic hydroxyl groups is 1. The number of hydrogen-bond donors (Lipinski definition) is 1. The summed E-state index contributed by atoms with van der Waals surface area (Å²) in [6, 6.07) is 15.1. The van der Waals surface area contributed by atoms with Crippen molar-refractivity contribution in [1.29, 1.82) is 0 Å². The monoisotopic (exact) mass is 378 g/mol. The molecule has 5 nitrogen and oxygen atoms in total. The summed E-state index contributed by atoms with van der Waals surface area (Å²) in [5, 5.41) is 11.6. The Morgan fingerprint density at radius 2 is 2.00 bits per heavy atom. The molecule has 0 saturated heterocycles. The summed E-state index contributed by atoms with van der Waals surface area (Å²) in [7, 11) is 0. The largest absolute Gasteiger partial charge is 0.508 e. The fourth-order valence-corrected chi connectivity index (χ4v) is 3.96. The zero-order chi connectivity index (χ0) is 18.8. The molecule has 2 heterocycles. The maximum Gasteiger partial charge on any atom is 0.336 e. The smallest absolute Gasteiger partial charge is 0.336 e. The van der Waals surface area contributed by atoms with Gasteiger partial charge in [0.25, 0.3) is 0 Å². The number of aryl methyl sites for hydroxylation is 1. The van der Waals surface area contributed by atoms with Gasteiger partial charge in [-0.05, 0) is 30.2 Å². The van der Waals surface area contributed by atoms with Crippen molar-refractivity contribution in [2.24, 2.45) is 0 Å². The van der Waals surface area contributed by atoms with Crippen LogP contribution in [0.4, 0.5) is 0 Å². The highest BCUT2D eigenvalue weighted by Crippen LogP contribution is 2.30. The van der Waals surface area contributed by atoms with Crippen molar-refractivity contribution in [2.75, 3.05) is 0 Å². The normalized spacial score (nSPS) is 11.1. The molecule has 4 aromatic rings. The molecule has 136 valence electrons. The molecule has 2 aromatic heterocycles. The highest BCUT2D eigenvalue weighted by molar-refractivity contribution is 7.98. The first kappa shape index (κ1) is 17.4. The maximum atomic E-state index is 12.0. The van der Waals surface area contributed by atoms with E-state index in [1.165, 1.54) is 11.6 Å². The molecule has 0 atom stereocenters. The third kappa shape index (κ3) is 3.61. The molecule has 0 aliphatic carbocycles. The number of phenols is 1. The van der Waals surface area contributed by atoms with E-state index in [1.807, 2.05) is 24.4 Å². The molecule has 0 aliphatic rings. The van der Waals surface area contributed by atoms with Gasteiger partial charge in [0, 0.05) is 41.7 Å². The molecule has 0 aliphatic heterocycles. The Hall–Kier alpha value is -2.99. The third-order valence-electron chi connectivity index (χ3n) is 4.45. The Balaban J connectivity index is 1.61. The molecule has 0 saturated carbocycles. The SMILES string of the molecule is Cc1c(O)ccc2c(CSc3nccn3Cc3ccccc3)cc(=O)oc12. The number of phenolic OH excluding ortho intramolecular Hbond substituents is 1. The van der Waals surface area contributed by atoms with Crippen LogP contribution in [0.5, 0.6) is 5.75 Å². The number of hydrogen-bond acceptors (Lipinski definition) is 5. The van der Waals surface area contributed by atoms with E-state index in [0.717, 1.165) is 22.7 Å². The lowest BCUT2D eigenvalue weighted by molar-refractivity contribution is 0.468. The Morgan fingerprint density at radius 1 is 1.19 bits per heavy atom. The molecule has 0 fully saturated rings. The van der Waals surface area contributed by atoms with Crippen LogP contribution in [-0.4, -0.2) is 14.7 Å². The number of thioether (sulfide) groups is 1. The molecule has 1 N–H and O–H groups in total. The van der Waals surface area contributed by atoms with Crippen molar-refractivity contribution in [2.45, 2.75) is 24.4 Å². The second-order valence-corrected chi connectivity index (χ2v) is 7.23. The van der Waals surface area contributed by atoms with E-state index in [4.69, 9.17) is 4.42 Å². The summed E-state index contributed by atoms with van der Waals surface area (Å²) >= 11 is 1.57. The molecular formula is C21H18N2O3S. The second kappa shape index (κ2) is 7.32. The van der Waals surface area contributed by atoms with Crippen molar-refractivity contribution < 1.29 is 9.52 Å². The number of rotatable bonds is 5. The van der Waals surface area contributed by atoms with Crippen LogP contribution in [0, 0.1) is 6.92 Å². The van der Waals surface area contributed by atoms with Crippen molar-refractivity contribution in [1.82, 2.24) is 9.55 Å². The minimum Gasteiger partial charge on any atom is -0.508 e. The molecule has 2 aromatic carbocycles. The van der Waals surface area contributed by atoms with Crippen molar-refractivity contribution in [3.05, 3.63) is 88.0 Å². The highest BCUT2D eigenvalue weighted by Gasteiger charge is 2.12. The first-order valence-corrected chi connectivity index (χ1v) is 9.53. The van der Waals surface area contributed by atoms with Gasteiger partial charge in [-0.1, -0.05) is 42.1 Å². The zero-order valence-corrected chi connectivity index (χ0v) is 15.6. The summed E-state index contributed by atoms with van der Waals surface area (Å²) in [6.45, 7) is 2.48. The first-order valence-electron chi connectivity index (χ1n) is 8.55. The van der Waals surface area contributed by atoms with Crippen LogP contribution in [0.25, 0.3) is 11.0 Å². The van der Waals surface area contributed by atoms with Gasteiger partial charge in [-0.2, -0.15) is 0 Å². The van der Waals surface area contributed by atoms with Gasteiger partial charge in [-0.3, -0.25) is 0 Å². The molecule has 0 bridgehead atoms. The first-order chi connectivity index (χ1) is 13.1. The van der Waals surface area contributed by atoms with Gasteiger partial charge in [0.15, 0.2) is 5.16 Å². The van der Waals surface area contributed by atoms with E-state index in [1.54, 1.807) is 37.0 Å². The average Bonchev–Trinajstić information content (AvgIpc) is 3.11. The number of benzene rings is 2. The molecular weight excluding hydrogens is 360 g/mol. The summed E-state index contributed by atoms with van der Waals surface area (Å²) in [5.41, 5.74) is 2.66. The quantitative estimate of drug-likeness (QED) is 0.413. The summed E-state index contributed by atoms with van der Waals surface area (Å²) < 4.78 is 7.40. The topological polar surface area (TPSA) is 68.3 Å². The number of fused-ring (bicyclic) bond motifs is 1. The van der Waals surface area contributed by atoms with Gasteiger partial charge >= 0.3 is 5.63 Å². The summed E-state index contributed by atoms with van der Waals surface area (Å²) in [4.78, 5) is 16.4. The fraction of sp³-hybridized carbons (Fsp3) is 0.143. The standard InChI is InChI=1S/C21H18N2O3S/c1-14-18(24)8-7-17-16(11-19(25)26-20(14)17)13-27-21-22-9-10-23(21)12-15-5-3-2-4-6-15/h2-11,24H,12-13H2,1H3. The van der Waals surface area contributed by atoms with Crippen LogP contribution in [-0.2, 0) is 12.3 Å². The van der Waals surface area contributed by atoms with E-state index in [2.05, 4.69) is 21.7 Å². The minimum atomic E-state index is -0.417. The lowest BCUT2D eigenvalue weighted by Gasteiger charge is -2.10. The van der Waals surface area contributed by atoms with Gasteiger partial charge in [0.05, 0.1) is 0 Å². The van der Waals surface area contributed by atoms with E-state index >= 15 is 0 Å². The fourth-order valence-electron chi connectivity index (χ4n) is 3.01.